The number of methoxy groups -OCH3 is 4. The van der Waals surface area contributed by atoms with E-state index in [0.29, 0.717) is 0 Å². The van der Waals surface area contributed by atoms with E-state index in [-0.39, 0.29) is 0 Å². The molecule has 4 heterocycles. The number of fused-ring (bicyclic) bond motifs is 5. The normalized spacial score (nSPS) is 14.0. The molecule has 0 radical (unpaired) electrons. The zero-order valence-corrected chi connectivity index (χ0v) is 23.0. The lowest BCUT2D eigenvalue weighted by Crippen LogP contribution is -2.16. The fourth-order valence-corrected chi connectivity index (χ4v) is 6.14. The van der Waals surface area contributed by atoms with E-state index in [1.807, 2.05) is 12.4 Å². The predicted molar refractivity (Wildman–Crippen MR) is 156 cm³/mol. The van der Waals surface area contributed by atoms with Crippen molar-refractivity contribution in [2.45, 2.75) is 26.2 Å². The van der Waals surface area contributed by atoms with Crippen molar-refractivity contribution in [1.82, 2.24) is 9.97 Å². The first-order valence-corrected chi connectivity index (χ1v) is 13.3. The van der Waals surface area contributed by atoms with Crippen molar-refractivity contribution in [2.24, 2.45) is 0 Å². The summed E-state index contributed by atoms with van der Waals surface area (Å²) in [5.41, 5.74) is 9.06. The summed E-state index contributed by atoms with van der Waals surface area (Å²) in [4.78, 5) is 14.4. The molecule has 2 aromatic heterocycles. The van der Waals surface area contributed by atoms with Gasteiger partial charge in [-0.15, -0.1) is 0 Å². The summed E-state index contributed by atoms with van der Waals surface area (Å²) < 4.78 is 22.2. The lowest BCUT2D eigenvalue weighted by atomic mass is 10.1. The predicted octanol–water partition coefficient (Wildman–Crippen LogP) is 5.86. The number of pyridine rings is 2. The summed E-state index contributed by atoms with van der Waals surface area (Å²) in [6.45, 7) is 3.16. The SMILES string of the molecule is COc1cc2c(cc1OC)CN(c1ccnc3c1ccc1c(N4Cc5cc(OC)c(OC)cc5C4)ccnc13)C2. The molecular weight excluding hydrogens is 504 g/mol. The molecule has 0 saturated heterocycles. The number of hydrogen-bond acceptors (Lipinski definition) is 8. The highest BCUT2D eigenvalue weighted by Crippen LogP contribution is 2.42. The summed E-state index contributed by atoms with van der Waals surface area (Å²) >= 11 is 0. The van der Waals surface area contributed by atoms with Crippen LogP contribution in [0.3, 0.4) is 0 Å². The monoisotopic (exact) mass is 534 g/mol. The van der Waals surface area contributed by atoms with Crippen LogP contribution in [-0.2, 0) is 26.2 Å². The van der Waals surface area contributed by atoms with Crippen molar-refractivity contribution >= 4 is 33.2 Å². The van der Waals surface area contributed by atoms with E-state index in [1.165, 1.54) is 22.3 Å². The first kappa shape index (κ1) is 24.3. The van der Waals surface area contributed by atoms with Crippen LogP contribution in [0.25, 0.3) is 21.8 Å². The number of anilines is 2. The first-order chi connectivity index (χ1) is 19.6. The van der Waals surface area contributed by atoms with E-state index in [0.717, 1.165) is 82.4 Å². The summed E-state index contributed by atoms with van der Waals surface area (Å²) in [5.74, 6) is 3.02. The summed E-state index contributed by atoms with van der Waals surface area (Å²) in [6, 6.07) is 16.9. The molecule has 2 aliphatic rings. The van der Waals surface area contributed by atoms with Gasteiger partial charge >= 0.3 is 0 Å². The van der Waals surface area contributed by atoms with Crippen LogP contribution in [0.5, 0.6) is 23.0 Å². The van der Waals surface area contributed by atoms with Crippen molar-refractivity contribution in [3.63, 3.8) is 0 Å². The van der Waals surface area contributed by atoms with E-state index in [2.05, 4.69) is 58.3 Å². The van der Waals surface area contributed by atoms with Gasteiger partial charge in [0.15, 0.2) is 23.0 Å². The zero-order chi connectivity index (χ0) is 27.4. The Morgan fingerprint density at radius 3 is 1.12 bits per heavy atom. The lowest BCUT2D eigenvalue weighted by Gasteiger charge is -2.22. The van der Waals surface area contributed by atoms with Crippen molar-refractivity contribution < 1.29 is 18.9 Å². The number of benzene rings is 3. The number of hydrogen-bond donors (Lipinski definition) is 0. The fraction of sp³-hybridized carbons (Fsp3) is 0.250. The maximum absolute atomic E-state index is 5.54. The molecule has 5 aromatic rings. The molecule has 0 fully saturated rings. The molecule has 0 amide bonds. The average molecular weight is 535 g/mol. The van der Waals surface area contributed by atoms with Gasteiger partial charge in [-0.3, -0.25) is 9.97 Å². The molecule has 3 aromatic carbocycles. The molecular formula is C32H30N4O4. The summed E-state index contributed by atoms with van der Waals surface area (Å²) in [7, 11) is 6.70. The molecule has 40 heavy (non-hydrogen) atoms. The minimum atomic E-state index is 0.756. The molecule has 0 bridgehead atoms. The van der Waals surface area contributed by atoms with Gasteiger partial charge in [0, 0.05) is 60.7 Å². The van der Waals surface area contributed by atoms with Gasteiger partial charge in [0.05, 0.1) is 39.5 Å². The van der Waals surface area contributed by atoms with Crippen LogP contribution in [0.15, 0.2) is 60.9 Å². The second kappa shape index (κ2) is 9.48. The molecule has 0 aliphatic carbocycles. The van der Waals surface area contributed by atoms with Gasteiger partial charge in [0.2, 0.25) is 0 Å². The Balaban J connectivity index is 1.26. The molecule has 0 spiro atoms. The van der Waals surface area contributed by atoms with Gasteiger partial charge in [-0.25, -0.2) is 0 Å². The Kier molecular flexibility index (Phi) is 5.77. The standard InChI is InChI=1S/C32H30N4O4/c1-37-27-11-19-15-35(16-20(19)12-28(27)38-2)25-7-9-33-31-23(25)5-6-24-26(8-10-34-32(24)31)36-17-21-13-29(39-3)30(40-4)14-22(21)18-36/h5-14H,15-18H2,1-4H3. The second-order valence-electron chi connectivity index (χ2n) is 10.2. The van der Waals surface area contributed by atoms with Gasteiger partial charge in [-0.1, -0.05) is 0 Å². The van der Waals surface area contributed by atoms with E-state index in [9.17, 15) is 0 Å². The first-order valence-electron chi connectivity index (χ1n) is 13.3. The van der Waals surface area contributed by atoms with Gasteiger partial charge in [0.25, 0.3) is 0 Å². The number of nitrogens with zero attached hydrogens (tertiary/aromatic N) is 4. The Morgan fingerprint density at radius 2 is 0.825 bits per heavy atom. The van der Waals surface area contributed by atoms with Crippen LogP contribution in [-0.4, -0.2) is 38.4 Å². The third-order valence-electron chi connectivity index (χ3n) is 8.11. The van der Waals surface area contributed by atoms with Crippen LogP contribution in [0, 0.1) is 0 Å². The molecule has 2 aliphatic heterocycles. The maximum Gasteiger partial charge on any atom is 0.161 e. The van der Waals surface area contributed by atoms with Crippen LogP contribution >= 0.6 is 0 Å². The smallest absolute Gasteiger partial charge is 0.161 e. The largest absolute Gasteiger partial charge is 0.493 e. The minimum absolute atomic E-state index is 0.756. The van der Waals surface area contributed by atoms with Crippen LogP contribution in [0.2, 0.25) is 0 Å². The third kappa shape index (κ3) is 3.74. The van der Waals surface area contributed by atoms with E-state index in [4.69, 9.17) is 28.9 Å². The topological polar surface area (TPSA) is 69.2 Å². The zero-order valence-electron chi connectivity index (χ0n) is 23.0. The molecule has 0 saturated carbocycles. The van der Waals surface area contributed by atoms with Crippen molar-refractivity contribution in [3.8, 4) is 23.0 Å². The minimum Gasteiger partial charge on any atom is -0.493 e. The Morgan fingerprint density at radius 1 is 0.500 bits per heavy atom. The maximum atomic E-state index is 5.54. The van der Waals surface area contributed by atoms with Crippen LogP contribution in [0.1, 0.15) is 22.3 Å². The Bertz CT molecular complexity index is 1590. The van der Waals surface area contributed by atoms with E-state index < -0.39 is 0 Å². The van der Waals surface area contributed by atoms with Crippen molar-refractivity contribution in [1.29, 1.82) is 0 Å². The van der Waals surface area contributed by atoms with Gasteiger partial charge in [0.1, 0.15) is 0 Å². The molecule has 0 atom stereocenters. The Labute approximate surface area is 232 Å². The molecule has 0 unspecified atom stereocenters. The average Bonchev–Trinajstić information content (AvgIpc) is 3.61. The molecule has 202 valence electrons. The molecule has 0 N–H and O–H groups in total. The molecule has 8 nitrogen and oxygen atoms in total. The van der Waals surface area contributed by atoms with Crippen molar-refractivity contribution in [3.05, 3.63) is 83.2 Å². The van der Waals surface area contributed by atoms with Gasteiger partial charge in [-0.2, -0.15) is 0 Å². The second-order valence-corrected chi connectivity index (χ2v) is 10.2. The third-order valence-corrected chi connectivity index (χ3v) is 8.11. The summed E-state index contributed by atoms with van der Waals surface area (Å²) in [5, 5.41) is 2.18. The highest BCUT2D eigenvalue weighted by atomic mass is 16.5. The molecule has 7 rings (SSSR count). The summed E-state index contributed by atoms with van der Waals surface area (Å²) in [6.07, 6.45) is 3.78. The quantitative estimate of drug-likeness (QED) is 0.251. The fourth-order valence-electron chi connectivity index (χ4n) is 6.14. The van der Waals surface area contributed by atoms with Crippen LogP contribution < -0.4 is 28.7 Å². The molecule has 8 heteroatoms. The lowest BCUT2D eigenvalue weighted by molar-refractivity contribution is 0.354. The Hall–Kier alpha value is -4.72. The number of ether oxygens (including phenoxy) is 4. The van der Waals surface area contributed by atoms with Crippen molar-refractivity contribution in [2.75, 3.05) is 38.2 Å². The highest BCUT2D eigenvalue weighted by molar-refractivity contribution is 6.10. The van der Waals surface area contributed by atoms with E-state index >= 15 is 0 Å². The highest BCUT2D eigenvalue weighted by Gasteiger charge is 2.26. The van der Waals surface area contributed by atoms with E-state index in [1.54, 1.807) is 28.4 Å². The van der Waals surface area contributed by atoms with Crippen LogP contribution in [0.4, 0.5) is 11.4 Å². The van der Waals surface area contributed by atoms with Gasteiger partial charge < -0.3 is 28.7 Å². The van der Waals surface area contributed by atoms with Gasteiger partial charge in [-0.05, 0) is 70.8 Å². The number of rotatable bonds is 6. The number of aromatic nitrogens is 2.